The third-order valence-corrected chi connectivity index (χ3v) is 1.89. The second-order valence-electron chi connectivity index (χ2n) is 2.11. The molecule has 0 saturated carbocycles. The first kappa shape index (κ1) is 10.2. The number of halogens is 4. The first-order valence-corrected chi connectivity index (χ1v) is 3.86. The van der Waals surface area contributed by atoms with Crippen LogP contribution < -0.4 is 0 Å². The van der Waals surface area contributed by atoms with E-state index in [9.17, 15) is 8.78 Å². The summed E-state index contributed by atoms with van der Waals surface area (Å²) in [5.74, 6) is 0. The molecule has 0 bridgehead atoms. The smallest absolute Gasteiger partial charge is 0.224 e. The van der Waals surface area contributed by atoms with E-state index >= 15 is 0 Å². The summed E-state index contributed by atoms with van der Waals surface area (Å²) < 4.78 is 24.5. The van der Waals surface area contributed by atoms with Crippen LogP contribution >= 0.6 is 23.2 Å². The van der Waals surface area contributed by atoms with E-state index in [4.69, 9.17) is 28.5 Å². The summed E-state index contributed by atoms with van der Waals surface area (Å²) in [6.45, 7) is 0. The van der Waals surface area contributed by atoms with E-state index in [0.717, 1.165) is 6.07 Å². The molecule has 0 aliphatic heterocycles. The van der Waals surface area contributed by atoms with Crippen LogP contribution in [0.15, 0.2) is 6.07 Å². The second-order valence-corrected chi connectivity index (χ2v) is 2.87. The van der Waals surface area contributed by atoms with Crippen molar-refractivity contribution in [1.29, 1.82) is 5.26 Å². The number of hydrogen-bond acceptors (Lipinski definition) is 2. The van der Waals surface area contributed by atoms with Crippen molar-refractivity contribution in [2.45, 2.75) is 6.43 Å². The van der Waals surface area contributed by atoms with Gasteiger partial charge in [-0.1, -0.05) is 23.2 Å². The van der Waals surface area contributed by atoms with E-state index in [1.54, 1.807) is 6.07 Å². The summed E-state index contributed by atoms with van der Waals surface area (Å²) in [5.41, 5.74) is -0.761. The fourth-order valence-electron chi connectivity index (χ4n) is 0.749. The number of nitriles is 1. The molecule has 0 aliphatic carbocycles. The molecule has 0 fully saturated rings. The van der Waals surface area contributed by atoms with Crippen LogP contribution in [0.4, 0.5) is 8.78 Å². The SMILES string of the molecule is N#Cc1nc(Cl)cc(C(F)F)c1Cl. The summed E-state index contributed by atoms with van der Waals surface area (Å²) in [6, 6.07) is 2.51. The molecule has 0 N–H and O–H groups in total. The normalized spacial score (nSPS) is 10.2. The Bertz CT molecular complexity index is 373. The molecule has 0 aliphatic rings. The molecule has 6 heteroatoms. The Kier molecular flexibility index (Phi) is 3.02. The van der Waals surface area contributed by atoms with Gasteiger partial charge in [-0.25, -0.2) is 13.8 Å². The van der Waals surface area contributed by atoms with Crippen molar-refractivity contribution in [2.75, 3.05) is 0 Å². The van der Waals surface area contributed by atoms with E-state index in [2.05, 4.69) is 4.98 Å². The molecule has 0 saturated heterocycles. The predicted molar refractivity (Wildman–Crippen MR) is 43.9 cm³/mol. The van der Waals surface area contributed by atoms with Gasteiger partial charge in [-0.15, -0.1) is 0 Å². The van der Waals surface area contributed by atoms with Crippen LogP contribution in [-0.4, -0.2) is 4.98 Å². The van der Waals surface area contributed by atoms with Crippen molar-refractivity contribution >= 4 is 23.2 Å². The van der Waals surface area contributed by atoms with Crippen LogP contribution in [0.3, 0.4) is 0 Å². The van der Waals surface area contributed by atoms with Gasteiger partial charge in [0.2, 0.25) is 0 Å². The third kappa shape index (κ3) is 2.06. The third-order valence-electron chi connectivity index (χ3n) is 1.30. The molecule has 1 aromatic rings. The Balaban J connectivity index is 3.38. The highest BCUT2D eigenvalue weighted by atomic mass is 35.5. The standard InChI is InChI=1S/C7H2Cl2F2N2/c8-5-1-3(7(10)11)6(9)4(2-12)13-5/h1,7H. The van der Waals surface area contributed by atoms with Crippen LogP contribution in [0.25, 0.3) is 0 Å². The number of alkyl halides is 2. The molecule has 0 amide bonds. The van der Waals surface area contributed by atoms with Gasteiger partial charge in [0.1, 0.15) is 11.2 Å². The fraction of sp³-hybridized carbons (Fsp3) is 0.143. The van der Waals surface area contributed by atoms with E-state index in [1.807, 2.05) is 0 Å². The van der Waals surface area contributed by atoms with E-state index in [1.165, 1.54) is 0 Å². The summed E-state index contributed by atoms with van der Waals surface area (Å²) in [6.07, 6.45) is -2.76. The topological polar surface area (TPSA) is 36.7 Å². The minimum absolute atomic E-state index is 0.170. The van der Waals surface area contributed by atoms with Crippen molar-refractivity contribution in [1.82, 2.24) is 4.98 Å². The van der Waals surface area contributed by atoms with Crippen LogP contribution in [0.1, 0.15) is 17.7 Å². The lowest BCUT2D eigenvalue weighted by Gasteiger charge is -2.03. The highest BCUT2D eigenvalue weighted by molar-refractivity contribution is 6.33. The summed E-state index contributed by atoms with van der Waals surface area (Å²) in [4.78, 5) is 3.47. The van der Waals surface area contributed by atoms with E-state index in [-0.39, 0.29) is 15.9 Å². The predicted octanol–water partition coefficient (Wildman–Crippen LogP) is 3.20. The summed E-state index contributed by atoms with van der Waals surface area (Å²) >= 11 is 10.8. The average molecular weight is 223 g/mol. The molecule has 68 valence electrons. The van der Waals surface area contributed by atoms with E-state index in [0.29, 0.717) is 0 Å². The molecule has 0 radical (unpaired) electrons. The minimum Gasteiger partial charge on any atom is -0.224 e. The summed E-state index contributed by atoms with van der Waals surface area (Å²) in [7, 11) is 0. The fourth-order valence-corrected chi connectivity index (χ4v) is 1.17. The lowest BCUT2D eigenvalue weighted by molar-refractivity contribution is 0.151. The van der Waals surface area contributed by atoms with Gasteiger partial charge in [0.05, 0.1) is 5.02 Å². The Labute approximate surface area is 82.7 Å². The molecule has 0 aromatic carbocycles. The number of nitrogens with zero attached hydrogens (tertiary/aromatic N) is 2. The van der Waals surface area contributed by atoms with Crippen molar-refractivity contribution in [2.24, 2.45) is 0 Å². The van der Waals surface area contributed by atoms with Crippen LogP contribution in [0.5, 0.6) is 0 Å². The van der Waals surface area contributed by atoms with Crippen molar-refractivity contribution in [3.8, 4) is 6.07 Å². The molecular formula is C7H2Cl2F2N2. The zero-order valence-corrected chi connectivity index (χ0v) is 7.57. The molecule has 1 rings (SSSR count). The lowest BCUT2D eigenvalue weighted by Crippen LogP contribution is -1.93. The molecule has 0 atom stereocenters. The molecule has 0 unspecified atom stereocenters. The van der Waals surface area contributed by atoms with Gasteiger partial charge in [-0.05, 0) is 6.07 Å². The quantitative estimate of drug-likeness (QED) is 0.685. The minimum atomic E-state index is -2.76. The van der Waals surface area contributed by atoms with Crippen LogP contribution in [0, 0.1) is 11.3 Å². The second kappa shape index (κ2) is 3.86. The zero-order chi connectivity index (χ0) is 10.0. The van der Waals surface area contributed by atoms with Crippen molar-refractivity contribution in [3.05, 3.63) is 27.5 Å². The average Bonchev–Trinajstić information content (AvgIpc) is 2.08. The van der Waals surface area contributed by atoms with Gasteiger partial charge in [0, 0.05) is 5.56 Å². The number of aromatic nitrogens is 1. The Hall–Kier alpha value is -0.920. The van der Waals surface area contributed by atoms with Gasteiger partial charge in [0.25, 0.3) is 6.43 Å². The first-order valence-electron chi connectivity index (χ1n) is 3.10. The monoisotopic (exact) mass is 222 g/mol. The van der Waals surface area contributed by atoms with Crippen LogP contribution in [0.2, 0.25) is 10.2 Å². The van der Waals surface area contributed by atoms with E-state index < -0.39 is 12.0 Å². The summed E-state index contributed by atoms with van der Waals surface area (Å²) in [5, 5.41) is 7.93. The van der Waals surface area contributed by atoms with Gasteiger partial charge in [0.15, 0.2) is 5.69 Å². The molecule has 2 nitrogen and oxygen atoms in total. The maximum absolute atomic E-state index is 12.2. The van der Waals surface area contributed by atoms with Crippen LogP contribution in [-0.2, 0) is 0 Å². The molecule has 0 spiro atoms. The first-order chi connectivity index (χ1) is 6.06. The van der Waals surface area contributed by atoms with Crippen molar-refractivity contribution in [3.63, 3.8) is 0 Å². The van der Waals surface area contributed by atoms with Gasteiger partial charge in [-0.2, -0.15) is 5.26 Å². The molecule has 13 heavy (non-hydrogen) atoms. The lowest BCUT2D eigenvalue weighted by atomic mass is 10.2. The molecule has 1 heterocycles. The number of hydrogen-bond donors (Lipinski definition) is 0. The molecule has 1 aromatic heterocycles. The maximum Gasteiger partial charge on any atom is 0.265 e. The Morgan fingerprint density at radius 1 is 1.46 bits per heavy atom. The largest absolute Gasteiger partial charge is 0.265 e. The van der Waals surface area contributed by atoms with Gasteiger partial charge < -0.3 is 0 Å². The zero-order valence-electron chi connectivity index (χ0n) is 6.06. The van der Waals surface area contributed by atoms with Gasteiger partial charge in [-0.3, -0.25) is 0 Å². The highest BCUT2D eigenvalue weighted by Crippen LogP contribution is 2.30. The Morgan fingerprint density at radius 2 is 2.08 bits per heavy atom. The van der Waals surface area contributed by atoms with Crippen molar-refractivity contribution < 1.29 is 8.78 Å². The number of pyridine rings is 1. The van der Waals surface area contributed by atoms with Gasteiger partial charge >= 0.3 is 0 Å². The highest BCUT2D eigenvalue weighted by Gasteiger charge is 2.17. The number of rotatable bonds is 1. The maximum atomic E-state index is 12.2. The molecular weight excluding hydrogens is 221 g/mol. The Morgan fingerprint density at radius 3 is 2.54 bits per heavy atom.